The molecule has 0 amide bonds. The number of benzene rings is 2. The number of aromatic nitrogens is 1. The molecule has 1 aromatic heterocycles. The Hall–Kier alpha value is -3.38. The smallest absolute Gasteiger partial charge is 0.344 e. The lowest BCUT2D eigenvalue weighted by Gasteiger charge is -2.05. The predicted molar refractivity (Wildman–Crippen MR) is 117 cm³/mol. The van der Waals surface area contributed by atoms with Crippen LogP contribution in [0.2, 0.25) is 0 Å². The quantitative estimate of drug-likeness (QED) is 0.589. The number of carbonyl (C=O) groups is 1. The van der Waals surface area contributed by atoms with Crippen molar-refractivity contribution < 1.29 is 14.6 Å². The van der Waals surface area contributed by atoms with E-state index in [1.54, 1.807) is 25.4 Å². The minimum absolute atomic E-state index is 0.0833. The molecule has 6 heteroatoms. The van der Waals surface area contributed by atoms with Crippen LogP contribution in [-0.2, 0) is 9.53 Å². The van der Waals surface area contributed by atoms with E-state index in [-0.39, 0.29) is 17.9 Å². The number of aliphatic hydroxyl groups is 1. The zero-order chi connectivity index (χ0) is 20.2. The lowest BCUT2D eigenvalue weighted by Crippen LogP contribution is -2.12. The fourth-order valence-electron chi connectivity index (χ4n) is 3.02. The Bertz CT molecular complexity index is 1160. The molecule has 0 atom stereocenters. The van der Waals surface area contributed by atoms with E-state index in [9.17, 15) is 9.90 Å². The van der Waals surface area contributed by atoms with Crippen LogP contribution in [0, 0.1) is 0 Å². The molecule has 3 aromatic rings. The Kier molecular flexibility index (Phi) is 5.44. The molecule has 1 N–H and O–H groups in total. The lowest BCUT2D eigenvalue weighted by molar-refractivity contribution is -0.138. The molecule has 29 heavy (non-hydrogen) atoms. The molecular weight excluding hydrogens is 384 g/mol. The van der Waals surface area contributed by atoms with E-state index in [1.165, 1.54) is 11.8 Å². The summed E-state index contributed by atoms with van der Waals surface area (Å²) in [5.74, 6) is -0.720. The van der Waals surface area contributed by atoms with Gasteiger partial charge in [-0.15, -0.1) is 0 Å². The van der Waals surface area contributed by atoms with Gasteiger partial charge in [-0.1, -0.05) is 54.2 Å². The minimum Gasteiger partial charge on any atom is -0.506 e. The molecule has 144 valence electrons. The van der Waals surface area contributed by atoms with Crippen molar-refractivity contribution >= 4 is 45.3 Å². The third-order valence-electron chi connectivity index (χ3n) is 4.34. The molecule has 0 radical (unpaired) electrons. The molecule has 5 nitrogen and oxygen atoms in total. The number of ether oxygens (including phenoxy) is 1. The molecule has 0 spiro atoms. The molecule has 0 aliphatic carbocycles. The average Bonchev–Trinajstić information content (AvgIpc) is 3.04. The van der Waals surface area contributed by atoms with Crippen LogP contribution in [0.15, 0.2) is 88.2 Å². The van der Waals surface area contributed by atoms with Crippen molar-refractivity contribution in [3.63, 3.8) is 0 Å². The number of hydrogen-bond acceptors (Lipinski definition) is 6. The number of nitrogens with zero attached hydrogens (tertiary/aromatic N) is 2. The van der Waals surface area contributed by atoms with Gasteiger partial charge in [-0.2, -0.15) is 0 Å². The average molecular weight is 402 g/mol. The number of rotatable bonds is 4. The highest BCUT2D eigenvalue weighted by Gasteiger charge is 2.33. The topological polar surface area (TPSA) is 71.8 Å². The first-order valence-electron chi connectivity index (χ1n) is 9.14. The summed E-state index contributed by atoms with van der Waals surface area (Å²) in [6.45, 7) is 1.94. The van der Waals surface area contributed by atoms with Crippen molar-refractivity contribution in [1.29, 1.82) is 0 Å². The summed E-state index contributed by atoms with van der Waals surface area (Å²) >= 11 is 1.24. The van der Waals surface area contributed by atoms with Crippen molar-refractivity contribution in [2.45, 2.75) is 6.92 Å². The fraction of sp³-hybridized carbons (Fsp3) is 0.0870. The molecule has 0 saturated carbocycles. The van der Waals surface area contributed by atoms with Crippen LogP contribution in [0.4, 0.5) is 5.69 Å². The summed E-state index contributed by atoms with van der Waals surface area (Å²) in [6, 6.07) is 17.4. The second-order valence-corrected chi connectivity index (χ2v) is 7.29. The predicted octanol–water partition coefficient (Wildman–Crippen LogP) is 5.43. The summed E-state index contributed by atoms with van der Waals surface area (Å²) in [7, 11) is 0. The maximum atomic E-state index is 12.5. The molecule has 0 unspecified atom stereocenters. The molecule has 1 aliphatic rings. The number of fused-ring (bicyclic) bond motifs is 1. The number of hydrogen-bond donors (Lipinski definition) is 1. The van der Waals surface area contributed by atoms with E-state index in [0.29, 0.717) is 9.95 Å². The molecule has 0 fully saturated rings. The number of esters is 1. The van der Waals surface area contributed by atoms with Crippen molar-refractivity contribution in [1.82, 2.24) is 4.98 Å². The van der Waals surface area contributed by atoms with Gasteiger partial charge in [-0.25, -0.2) is 9.79 Å². The van der Waals surface area contributed by atoms with Crippen LogP contribution in [0.25, 0.3) is 16.8 Å². The van der Waals surface area contributed by atoms with Crippen molar-refractivity contribution in [2.75, 3.05) is 6.61 Å². The summed E-state index contributed by atoms with van der Waals surface area (Å²) in [5, 5.41) is 13.2. The number of aliphatic imine (C=N–C) groups is 1. The Balaban J connectivity index is 1.82. The first-order valence-corrected chi connectivity index (χ1v) is 9.96. The highest BCUT2D eigenvalue weighted by atomic mass is 32.2. The Labute approximate surface area is 172 Å². The third kappa shape index (κ3) is 3.93. The highest BCUT2D eigenvalue weighted by Crippen LogP contribution is 2.41. The van der Waals surface area contributed by atoms with Gasteiger partial charge in [-0.05, 0) is 36.1 Å². The lowest BCUT2D eigenvalue weighted by atomic mass is 10.1. The van der Waals surface area contributed by atoms with Gasteiger partial charge in [0.25, 0.3) is 0 Å². The molecular formula is C23H18N2O3S. The summed E-state index contributed by atoms with van der Waals surface area (Å²) in [4.78, 5) is 21.9. The van der Waals surface area contributed by atoms with Gasteiger partial charge in [0.05, 0.1) is 17.2 Å². The van der Waals surface area contributed by atoms with Crippen molar-refractivity contribution in [2.24, 2.45) is 4.99 Å². The van der Waals surface area contributed by atoms with E-state index in [0.717, 1.165) is 22.0 Å². The maximum absolute atomic E-state index is 12.5. The Morgan fingerprint density at radius 2 is 2.00 bits per heavy atom. The monoisotopic (exact) mass is 402 g/mol. The normalized spacial score (nSPS) is 16.7. The molecule has 0 bridgehead atoms. The molecule has 2 heterocycles. The van der Waals surface area contributed by atoms with Crippen LogP contribution in [0.5, 0.6) is 0 Å². The first-order chi connectivity index (χ1) is 14.2. The number of carbonyl (C=O) groups excluding carboxylic acids is 1. The maximum Gasteiger partial charge on any atom is 0.344 e. The number of thioether (sulfide) groups is 1. The second-order valence-electron chi connectivity index (χ2n) is 6.26. The van der Waals surface area contributed by atoms with Crippen LogP contribution in [0.3, 0.4) is 0 Å². The van der Waals surface area contributed by atoms with Crippen LogP contribution in [0.1, 0.15) is 12.5 Å². The standard InChI is InChI=1S/C23H18N2O3S/c1-2-28-23(27)20-21(26)19(13-15-7-6-12-24-14-15)29-22(20)25-18-11-5-9-16-8-3-4-10-17(16)18/h3-14,26H,2H2,1H3. The van der Waals surface area contributed by atoms with E-state index < -0.39 is 5.97 Å². The van der Waals surface area contributed by atoms with Gasteiger partial charge in [-0.3, -0.25) is 4.98 Å². The zero-order valence-electron chi connectivity index (χ0n) is 15.7. The van der Waals surface area contributed by atoms with Gasteiger partial charge in [0.2, 0.25) is 0 Å². The SMILES string of the molecule is CCOC(=O)C1=C(O)C(=Cc2cccnc2)SC1=Nc1cccc2ccccc12. The van der Waals surface area contributed by atoms with Crippen LogP contribution < -0.4 is 0 Å². The van der Waals surface area contributed by atoms with Crippen LogP contribution in [-0.4, -0.2) is 27.7 Å². The molecule has 0 saturated heterocycles. The number of pyridine rings is 1. The van der Waals surface area contributed by atoms with Gasteiger partial charge in [0.1, 0.15) is 16.4 Å². The summed E-state index contributed by atoms with van der Waals surface area (Å²) in [5.41, 5.74) is 1.62. The largest absolute Gasteiger partial charge is 0.506 e. The van der Waals surface area contributed by atoms with Crippen LogP contribution >= 0.6 is 11.8 Å². The van der Waals surface area contributed by atoms with Crippen molar-refractivity contribution in [3.05, 3.63) is 88.8 Å². The van der Waals surface area contributed by atoms with Gasteiger partial charge in [0, 0.05) is 17.8 Å². The van der Waals surface area contributed by atoms with E-state index in [1.807, 2.05) is 54.6 Å². The van der Waals surface area contributed by atoms with Crippen molar-refractivity contribution in [3.8, 4) is 0 Å². The van der Waals surface area contributed by atoms with E-state index >= 15 is 0 Å². The first kappa shape index (κ1) is 19.0. The van der Waals surface area contributed by atoms with Gasteiger partial charge >= 0.3 is 5.97 Å². The molecule has 2 aromatic carbocycles. The van der Waals surface area contributed by atoms with E-state index in [2.05, 4.69) is 4.98 Å². The zero-order valence-corrected chi connectivity index (χ0v) is 16.5. The molecule has 1 aliphatic heterocycles. The Morgan fingerprint density at radius 3 is 2.79 bits per heavy atom. The fourth-order valence-corrected chi connectivity index (χ4v) is 4.05. The summed E-state index contributed by atoms with van der Waals surface area (Å²) in [6.07, 6.45) is 5.14. The Morgan fingerprint density at radius 1 is 1.17 bits per heavy atom. The van der Waals surface area contributed by atoms with Gasteiger partial charge in [0.15, 0.2) is 0 Å². The highest BCUT2D eigenvalue weighted by molar-refractivity contribution is 8.18. The number of aliphatic hydroxyl groups excluding tert-OH is 1. The minimum atomic E-state index is -0.592. The molecule has 4 rings (SSSR count). The van der Waals surface area contributed by atoms with Gasteiger partial charge < -0.3 is 9.84 Å². The second kappa shape index (κ2) is 8.32. The third-order valence-corrected chi connectivity index (χ3v) is 5.36. The van der Waals surface area contributed by atoms with E-state index in [4.69, 9.17) is 9.73 Å². The summed E-state index contributed by atoms with van der Waals surface area (Å²) < 4.78 is 5.16.